The average molecular weight is 280 g/mol. The number of carbonyl (C=O) groups excluding carboxylic acids is 1. The van der Waals surface area contributed by atoms with Crippen molar-refractivity contribution in [3.63, 3.8) is 0 Å². The molecular weight excluding hydrogens is 248 g/mol. The van der Waals surface area contributed by atoms with Crippen molar-refractivity contribution in [3.05, 3.63) is 11.3 Å². The molecule has 0 bridgehead atoms. The van der Waals surface area contributed by atoms with Crippen molar-refractivity contribution in [1.82, 2.24) is 9.80 Å². The smallest absolute Gasteiger partial charge is 0.242 e. The lowest BCUT2D eigenvalue weighted by molar-refractivity contribution is -0.131. The van der Waals surface area contributed by atoms with E-state index < -0.39 is 0 Å². The molecule has 1 amide bonds. The Morgan fingerprint density at radius 2 is 1.55 bits per heavy atom. The molecule has 0 aromatic rings. The molecule has 0 aromatic heterocycles. The Bertz CT molecular complexity index is 396. The number of allylic oxidation sites excluding steroid dienone is 1. The van der Waals surface area contributed by atoms with Crippen LogP contribution in [0, 0.1) is 10.8 Å². The van der Waals surface area contributed by atoms with Crippen LogP contribution in [-0.4, -0.2) is 42.4 Å². The quantitative estimate of drug-likeness (QED) is 0.772. The fourth-order valence-electron chi connectivity index (χ4n) is 3.06. The van der Waals surface area contributed by atoms with Crippen LogP contribution in [0.5, 0.6) is 0 Å². The second-order valence-electron chi connectivity index (χ2n) is 8.00. The second-order valence-corrected chi connectivity index (χ2v) is 8.00. The van der Waals surface area contributed by atoms with Gasteiger partial charge in [0.05, 0.1) is 6.54 Å². The van der Waals surface area contributed by atoms with Gasteiger partial charge in [-0.1, -0.05) is 48.5 Å². The highest BCUT2D eigenvalue weighted by atomic mass is 16.2. The van der Waals surface area contributed by atoms with Crippen molar-refractivity contribution in [2.24, 2.45) is 10.8 Å². The molecule has 1 aliphatic heterocycles. The van der Waals surface area contributed by atoms with Gasteiger partial charge < -0.3 is 9.80 Å². The first-order valence-corrected chi connectivity index (χ1v) is 7.71. The molecular formula is C17H32N2O. The summed E-state index contributed by atoms with van der Waals surface area (Å²) in [5, 5.41) is 0. The van der Waals surface area contributed by atoms with Crippen molar-refractivity contribution < 1.29 is 4.79 Å². The highest BCUT2D eigenvalue weighted by Crippen LogP contribution is 2.39. The maximum atomic E-state index is 12.4. The number of carbonyl (C=O) groups is 1. The van der Waals surface area contributed by atoms with E-state index in [2.05, 4.69) is 60.4 Å². The molecule has 3 heteroatoms. The number of nitrogens with zero attached hydrogens (tertiary/aromatic N) is 2. The first-order chi connectivity index (χ1) is 8.98. The van der Waals surface area contributed by atoms with Gasteiger partial charge in [0.1, 0.15) is 0 Å². The second kappa shape index (κ2) is 5.79. The van der Waals surface area contributed by atoms with Crippen molar-refractivity contribution in [2.75, 3.05) is 26.7 Å². The van der Waals surface area contributed by atoms with Gasteiger partial charge in [0, 0.05) is 31.2 Å². The number of amides is 1. The highest BCUT2D eigenvalue weighted by molar-refractivity contribution is 5.79. The van der Waals surface area contributed by atoms with Crippen LogP contribution < -0.4 is 0 Å². The molecule has 0 N–H and O–H groups in total. The number of hydrogen-bond donors (Lipinski definition) is 0. The largest absolute Gasteiger partial charge is 0.368 e. The van der Waals surface area contributed by atoms with E-state index in [9.17, 15) is 4.79 Å². The highest BCUT2D eigenvalue weighted by Gasteiger charge is 2.35. The first kappa shape index (κ1) is 17.1. The van der Waals surface area contributed by atoms with Crippen LogP contribution in [0.1, 0.15) is 54.9 Å². The van der Waals surface area contributed by atoms with Gasteiger partial charge >= 0.3 is 0 Å². The molecule has 0 saturated carbocycles. The normalized spacial score (nSPS) is 18.7. The number of hydrogen-bond acceptors (Lipinski definition) is 2. The topological polar surface area (TPSA) is 23.6 Å². The SMILES string of the molecule is CCCN1CC(C(C)(C)C)=C(C(C)(C)C)N(C)CC1=O. The van der Waals surface area contributed by atoms with E-state index in [-0.39, 0.29) is 16.7 Å². The van der Waals surface area contributed by atoms with Crippen molar-refractivity contribution in [3.8, 4) is 0 Å². The van der Waals surface area contributed by atoms with Crippen LogP contribution in [-0.2, 0) is 4.79 Å². The molecule has 0 radical (unpaired) electrons. The molecule has 0 atom stereocenters. The summed E-state index contributed by atoms with van der Waals surface area (Å²) in [6, 6.07) is 0. The van der Waals surface area contributed by atoms with Gasteiger partial charge in [-0.2, -0.15) is 0 Å². The van der Waals surface area contributed by atoms with Gasteiger partial charge in [-0.25, -0.2) is 0 Å². The minimum atomic E-state index is 0.0554. The Morgan fingerprint density at radius 3 is 1.95 bits per heavy atom. The fraction of sp³-hybridized carbons (Fsp3) is 0.824. The van der Waals surface area contributed by atoms with Crippen molar-refractivity contribution >= 4 is 5.91 Å². The number of rotatable bonds is 2. The predicted octanol–water partition coefficient (Wildman–Crippen LogP) is 3.52. The van der Waals surface area contributed by atoms with Crippen molar-refractivity contribution in [1.29, 1.82) is 0 Å². The molecule has 1 aliphatic rings. The van der Waals surface area contributed by atoms with Gasteiger partial charge in [-0.05, 0) is 17.4 Å². The zero-order valence-electron chi connectivity index (χ0n) is 14.6. The minimum absolute atomic E-state index is 0.0554. The van der Waals surface area contributed by atoms with Crippen molar-refractivity contribution in [2.45, 2.75) is 54.9 Å². The lowest BCUT2D eigenvalue weighted by atomic mass is 9.78. The van der Waals surface area contributed by atoms with Gasteiger partial charge in [0.2, 0.25) is 5.91 Å². The van der Waals surface area contributed by atoms with Crippen LogP contribution in [0.2, 0.25) is 0 Å². The Balaban J connectivity index is 3.36. The van der Waals surface area contributed by atoms with Crippen LogP contribution in [0.25, 0.3) is 0 Å². The molecule has 0 spiro atoms. The number of likely N-dealkylation sites (N-methyl/N-ethyl adjacent to an activating group) is 1. The summed E-state index contributed by atoms with van der Waals surface area (Å²) in [6.07, 6.45) is 1.01. The molecule has 116 valence electrons. The van der Waals surface area contributed by atoms with Gasteiger partial charge in [0.15, 0.2) is 0 Å². The molecule has 1 heterocycles. The Hall–Kier alpha value is -0.990. The molecule has 0 saturated heterocycles. The zero-order chi connectivity index (χ0) is 15.7. The third-order valence-corrected chi connectivity index (χ3v) is 3.85. The first-order valence-electron chi connectivity index (χ1n) is 7.71. The van der Waals surface area contributed by atoms with Crippen LogP contribution in [0.4, 0.5) is 0 Å². The third-order valence-electron chi connectivity index (χ3n) is 3.85. The summed E-state index contributed by atoms with van der Waals surface area (Å²) in [5.74, 6) is 0.246. The molecule has 3 nitrogen and oxygen atoms in total. The van der Waals surface area contributed by atoms with E-state index in [1.165, 1.54) is 11.3 Å². The summed E-state index contributed by atoms with van der Waals surface area (Å²) >= 11 is 0. The molecule has 0 unspecified atom stereocenters. The van der Waals surface area contributed by atoms with E-state index in [0.717, 1.165) is 19.5 Å². The van der Waals surface area contributed by atoms with E-state index in [1.54, 1.807) is 0 Å². The lowest BCUT2D eigenvalue weighted by Crippen LogP contribution is -2.37. The zero-order valence-corrected chi connectivity index (χ0v) is 14.6. The summed E-state index contributed by atoms with van der Waals surface area (Å²) in [5.41, 5.74) is 2.86. The average Bonchev–Trinajstić information content (AvgIpc) is 2.35. The molecule has 0 aliphatic carbocycles. The Morgan fingerprint density at radius 1 is 1.00 bits per heavy atom. The standard InChI is InChI=1S/C17H32N2O/c1-9-10-19-11-13(16(2,3)4)15(17(5,6)7)18(8)12-14(19)20/h9-12H2,1-8H3. The van der Waals surface area contributed by atoms with E-state index in [4.69, 9.17) is 0 Å². The summed E-state index contributed by atoms with van der Waals surface area (Å²) < 4.78 is 0. The maximum absolute atomic E-state index is 12.4. The summed E-state index contributed by atoms with van der Waals surface area (Å²) in [6.45, 7) is 17.7. The predicted molar refractivity (Wildman–Crippen MR) is 85.4 cm³/mol. The van der Waals surface area contributed by atoms with Crippen LogP contribution >= 0.6 is 0 Å². The van der Waals surface area contributed by atoms with E-state index >= 15 is 0 Å². The summed E-state index contributed by atoms with van der Waals surface area (Å²) in [7, 11) is 2.06. The Labute approximate surface area is 125 Å². The van der Waals surface area contributed by atoms with E-state index in [1.807, 2.05) is 4.90 Å². The molecule has 20 heavy (non-hydrogen) atoms. The van der Waals surface area contributed by atoms with Gasteiger partial charge in [-0.15, -0.1) is 0 Å². The molecule has 0 aromatic carbocycles. The van der Waals surface area contributed by atoms with Gasteiger partial charge in [0.25, 0.3) is 0 Å². The minimum Gasteiger partial charge on any atom is -0.368 e. The maximum Gasteiger partial charge on any atom is 0.242 e. The lowest BCUT2D eigenvalue weighted by Gasteiger charge is -2.37. The van der Waals surface area contributed by atoms with E-state index in [0.29, 0.717) is 6.54 Å². The summed E-state index contributed by atoms with van der Waals surface area (Å²) in [4.78, 5) is 16.6. The monoisotopic (exact) mass is 280 g/mol. The molecule has 0 fully saturated rings. The molecule has 1 rings (SSSR count). The van der Waals surface area contributed by atoms with Crippen LogP contribution in [0.15, 0.2) is 11.3 Å². The fourth-order valence-corrected chi connectivity index (χ4v) is 3.06. The Kier molecular flexibility index (Phi) is 4.94. The van der Waals surface area contributed by atoms with Crippen LogP contribution in [0.3, 0.4) is 0 Å². The van der Waals surface area contributed by atoms with Gasteiger partial charge in [-0.3, -0.25) is 4.79 Å². The third kappa shape index (κ3) is 3.77.